The number of fused-ring (bicyclic) bond motifs is 1. The molecule has 0 bridgehead atoms. The Morgan fingerprint density at radius 2 is 1.71 bits per heavy atom. The Morgan fingerprint density at radius 1 is 1.00 bits per heavy atom. The van der Waals surface area contributed by atoms with Gasteiger partial charge in [-0.05, 0) is 42.2 Å². The lowest BCUT2D eigenvalue weighted by atomic mass is 10.1. The molecule has 2 aromatic rings. The van der Waals surface area contributed by atoms with Gasteiger partial charge in [0.05, 0.1) is 13.2 Å². The Kier molecular flexibility index (Phi) is 9.36. The standard InChI is InChI=1S/C21H27N3O3.HI/c1-3-22-21(24-13-17-4-6-18(7-5-17)14-25-2)23-11-10-16-8-9-19-20(12-16)27-15-26-19;/h4-9,12H,3,10-11,13-15H2,1-2H3,(H2,22,23,24);1H. The monoisotopic (exact) mass is 497 g/mol. The molecule has 1 aliphatic rings. The topological polar surface area (TPSA) is 64.1 Å². The first-order valence-corrected chi connectivity index (χ1v) is 9.26. The molecule has 0 aromatic heterocycles. The number of benzene rings is 2. The van der Waals surface area contributed by atoms with Gasteiger partial charge in [-0.25, -0.2) is 4.99 Å². The van der Waals surface area contributed by atoms with E-state index in [0.717, 1.165) is 37.0 Å². The lowest BCUT2D eigenvalue weighted by Crippen LogP contribution is -2.38. The Hall–Kier alpha value is -2.00. The van der Waals surface area contributed by atoms with Crippen molar-refractivity contribution in [3.05, 3.63) is 59.2 Å². The van der Waals surface area contributed by atoms with Gasteiger partial charge in [0.15, 0.2) is 17.5 Å². The summed E-state index contributed by atoms with van der Waals surface area (Å²) in [5, 5.41) is 6.67. The number of guanidine groups is 1. The predicted molar refractivity (Wildman–Crippen MR) is 122 cm³/mol. The minimum absolute atomic E-state index is 0. The largest absolute Gasteiger partial charge is 0.454 e. The van der Waals surface area contributed by atoms with Crippen molar-refractivity contribution in [2.24, 2.45) is 4.99 Å². The fourth-order valence-corrected chi connectivity index (χ4v) is 2.84. The fraction of sp³-hybridized carbons (Fsp3) is 0.381. The molecule has 1 heterocycles. The minimum Gasteiger partial charge on any atom is -0.454 e. The Morgan fingerprint density at radius 3 is 2.46 bits per heavy atom. The molecule has 0 saturated carbocycles. The van der Waals surface area contributed by atoms with Crippen LogP contribution < -0.4 is 20.1 Å². The van der Waals surface area contributed by atoms with Crippen molar-refractivity contribution < 1.29 is 14.2 Å². The van der Waals surface area contributed by atoms with E-state index in [4.69, 9.17) is 14.2 Å². The van der Waals surface area contributed by atoms with Gasteiger partial charge in [0, 0.05) is 20.2 Å². The van der Waals surface area contributed by atoms with Crippen LogP contribution in [0.5, 0.6) is 11.5 Å². The number of ether oxygens (including phenoxy) is 3. The minimum atomic E-state index is 0. The van der Waals surface area contributed by atoms with Crippen molar-refractivity contribution in [2.45, 2.75) is 26.5 Å². The van der Waals surface area contributed by atoms with E-state index in [9.17, 15) is 0 Å². The smallest absolute Gasteiger partial charge is 0.231 e. The first-order chi connectivity index (χ1) is 13.3. The molecule has 0 atom stereocenters. The molecular formula is C21H28IN3O3. The van der Waals surface area contributed by atoms with E-state index in [-0.39, 0.29) is 24.0 Å². The molecule has 0 aliphatic carbocycles. The van der Waals surface area contributed by atoms with E-state index in [2.05, 4.69) is 52.9 Å². The second-order valence-corrected chi connectivity index (χ2v) is 6.31. The van der Waals surface area contributed by atoms with Crippen LogP contribution in [-0.4, -0.2) is 33.0 Å². The van der Waals surface area contributed by atoms with E-state index in [1.165, 1.54) is 16.7 Å². The third kappa shape index (κ3) is 6.56. The second kappa shape index (κ2) is 11.8. The van der Waals surface area contributed by atoms with Gasteiger partial charge in [-0.3, -0.25) is 0 Å². The summed E-state index contributed by atoms with van der Waals surface area (Å²) in [5.41, 5.74) is 3.54. The van der Waals surface area contributed by atoms with E-state index in [0.29, 0.717) is 19.9 Å². The number of halogens is 1. The molecule has 0 unspecified atom stereocenters. The summed E-state index contributed by atoms with van der Waals surface area (Å²) < 4.78 is 15.9. The van der Waals surface area contributed by atoms with Crippen molar-refractivity contribution in [3.8, 4) is 11.5 Å². The maximum absolute atomic E-state index is 5.43. The van der Waals surface area contributed by atoms with Gasteiger partial charge >= 0.3 is 0 Å². The summed E-state index contributed by atoms with van der Waals surface area (Å²) in [7, 11) is 1.70. The fourth-order valence-electron chi connectivity index (χ4n) is 2.84. The Bertz CT molecular complexity index is 766. The maximum atomic E-state index is 5.43. The summed E-state index contributed by atoms with van der Waals surface area (Å²) in [6, 6.07) is 14.4. The molecule has 0 radical (unpaired) electrons. The van der Waals surface area contributed by atoms with Gasteiger partial charge in [-0.2, -0.15) is 0 Å². The zero-order chi connectivity index (χ0) is 18.9. The van der Waals surface area contributed by atoms with E-state index in [1.807, 2.05) is 12.1 Å². The van der Waals surface area contributed by atoms with Crippen LogP contribution in [0.4, 0.5) is 0 Å². The van der Waals surface area contributed by atoms with Gasteiger partial charge < -0.3 is 24.8 Å². The van der Waals surface area contributed by atoms with Crippen LogP contribution in [-0.2, 0) is 24.3 Å². The Balaban J connectivity index is 0.00000280. The molecule has 1 aliphatic heterocycles. The lowest BCUT2D eigenvalue weighted by Gasteiger charge is -2.11. The van der Waals surface area contributed by atoms with Crippen molar-refractivity contribution in [1.82, 2.24) is 10.6 Å². The quantitative estimate of drug-likeness (QED) is 0.332. The molecule has 6 nitrogen and oxygen atoms in total. The third-order valence-corrected chi connectivity index (χ3v) is 4.24. The number of hydrogen-bond donors (Lipinski definition) is 2. The van der Waals surface area contributed by atoms with Crippen LogP contribution in [0.3, 0.4) is 0 Å². The second-order valence-electron chi connectivity index (χ2n) is 6.31. The molecule has 0 fully saturated rings. The van der Waals surface area contributed by atoms with Crippen molar-refractivity contribution >= 4 is 29.9 Å². The zero-order valence-corrected chi connectivity index (χ0v) is 18.7. The van der Waals surface area contributed by atoms with Crippen molar-refractivity contribution in [2.75, 3.05) is 27.0 Å². The predicted octanol–water partition coefficient (Wildman–Crippen LogP) is 3.48. The number of nitrogens with one attached hydrogen (secondary N) is 2. The molecule has 3 rings (SSSR count). The third-order valence-electron chi connectivity index (χ3n) is 4.24. The average Bonchev–Trinajstić information content (AvgIpc) is 3.15. The van der Waals surface area contributed by atoms with Crippen molar-refractivity contribution in [3.63, 3.8) is 0 Å². The number of aliphatic imine (C=N–C) groups is 1. The van der Waals surface area contributed by atoms with E-state index in [1.54, 1.807) is 7.11 Å². The normalized spacial score (nSPS) is 12.4. The molecule has 7 heteroatoms. The average molecular weight is 497 g/mol. The van der Waals surface area contributed by atoms with Crippen LogP contribution in [0.25, 0.3) is 0 Å². The first kappa shape index (κ1) is 22.3. The number of nitrogens with zero attached hydrogens (tertiary/aromatic N) is 1. The highest BCUT2D eigenvalue weighted by Crippen LogP contribution is 2.32. The zero-order valence-electron chi connectivity index (χ0n) is 16.4. The van der Waals surface area contributed by atoms with Crippen LogP contribution in [0.1, 0.15) is 23.6 Å². The molecule has 0 amide bonds. The molecule has 0 saturated heterocycles. The molecule has 152 valence electrons. The molecular weight excluding hydrogens is 469 g/mol. The van der Waals surface area contributed by atoms with Gasteiger partial charge in [0.25, 0.3) is 0 Å². The van der Waals surface area contributed by atoms with Crippen LogP contribution >= 0.6 is 24.0 Å². The summed E-state index contributed by atoms with van der Waals surface area (Å²) >= 11 is 0. The van der Waals surface area contributed by atoms with Crippen LogP contribution in [0.2, 0.25) is 0 Å². The maximum Gasteiger partial charge on any atom is 0.231 e. The van der Waals surface area contributed by atoms with Gasteiger partial charge in [-0.15, -0.1) is 24.0 Å². The molecule has 0 spiro atoms. The molecule has 2 aromatic carbocycles. The summed E-state index contributed by atoms with van der Waals surface area (Å²) in [4.78, 5) is 4.67. The first-order valence-electron chi connectivity index (χ1n) is 9.26. The summed E-state index contributed by atoms with van der Waals surface area (Å²) in [6.45, 7) is 5.25. The summed E-state index contributed by atoms with van der Waals surface area (Å²) in [6.07, 6.45) is 0.882. The number of rotatable bonds is 8. The van der Waals surface area contributed by atoms with E-state index < -0.39 is 0 Å². The van der Waals surface area contributed by atoms with Gasteiger partial charge in [0.1, 0.15) is 0 Å². The molecule has 28 heavy (non-hydrogen) atoms. The van der Waals surface area contributed by atoms with Crippen molar-refractivity contribution in [1.29, 1.82) is 0 Å². The highest BCUT2D eigenvalue weighted by Gasteiger charge is 2.12. The van der Waals surface area contributed by atoms with Gasteiger partial charge in [-0.1, -0.05) is 30.3 Å². The van der Waals surface area contributed by atoms with Crippen LogP contribution in [0, 0.1) is 0 Å². The number of hydrogen-bond acceptors (Lipinski definition) is 4. The Labute approximate surface area is 183 Å². The number of methoxy groups -OCH3 is 1. The highest BCUT2D eigenvalue weighted by molar-refractivity contribution is 14.0. The van der Waals surface area contributed by atoms with Crippen LogP contribution in [0.15, 0.2) is 47.5 Å². The lowest BCUT2D eigenvalue weighted by molar-refractivity contribution is 0.174. The summed E-state index contributed by atoms with van der Waals surface area (Å²) in [5.74, 6) is 2.46. The highest BCUT2D eigenvalue weighted by atomic mass is 127. The van der Waals surface area contributed by atoms with Gasteiger partial charge in [0.2, 0.25) is 6.79 Å². The molecule has 2 N–H and O–H groups in total. The SMILES string of the molecule is CCNC(=NCc1ccc(COC)cc1)NCCc1ccc2c(c1)OCO2.I. The van der Waals surface area contributed by atoms with E-state index >= 15 is 0 Å².